The molecule has 0 spiro atoms. The fraction of sp³-hybridized carbons (Fsp3) is 0.562. The summed E-state index contributed by atoms with van der Waals surface area (Å²) in [5.74, 6) is -0.423. The summed E-state index contributed by atoms with van der Waals surface area (Å²) in [7, 11) is -3.24. The minimum Gasteiger partial charge on any atom is -0.312 e. The summed E-state index contributed by atoms with van der Waals surface area (Å²) in [5.41, 5.74) is 1.35. The van der Waals surface area contributed by atoms with Crippen molar-refractivity contribution in [2.45, 2.75) is 43.8 Å². The third-order valence-electron chi connectivity index (χ3n) is 4.89. The maximum Gasteiger partial charge on any atom is 0.271 e. The molecular weight excluding hydrogens is 332 g/mol. The molecule has 3 rings (SSSR count). The standard InChI is InChI=1S/C16H20N2O5S/c19-16(8-10-24(22,23)14-3-1-2-4-14)17-9-7-12-5-6-13(18(20)21)11-15(12)17/h5-6,11,14H,1-4,7-10H2. The number of fused-ring (bicyclic) bond motifs is 1. The molecule has 0 atom stereocenters. The van der Waals surface area contributed by atoms with E-state index in [0.29, 0.717) is 31.5 Å². The molecule has 0 aromatic heterocycles. The highest BCUT2D eigenvalue weighted by Crippen LogP contribution is 2.32. The first kappa shape index (κ1) is 16.9. The fourth-order valence-corrected chi connectivity index (χ4v) is 5.36. The van der Waals surface area contributed by atoms with Gasteiger partial charge in [-0.25, -0.2) is 8.42 Å². The number of amides is 1. The highest BCUT2D eigenvalue weighted by Gasteiger charge is 2.31. The van der Waals surface area contributed by atoms with Crippen molar-refractivity contribution in [1.82, 2.24) is 0 Å². The van der Waals surface area contributed by atoms with Crippen molar-refractivity contribution >= 4 is 27.1 Å². The molecule has 7 nitrogen and oxygen atoms in total. The summed E-state index contributed by atoms with van der Waals surface area (Å²) < 4.78 is 24.6. The summed E-state index contributed by atoms with van der Waals surface area (Å²) in [4.78, 5) is 24.3. The van der Waals surface area contributed by atoms with Crippen LogP contribution in [-0.2, 0) is 21.1 Å². The number of anilines is 1. The van der Waals surface area contributed by atoms with Gasteiger partial charge in [-0.15, -0.1) is 0 Å². The fourth-order valence-electron chi connectivity index (χ4n) is 3.52. The van der Waals surface area contributed by atoms with Crippen LogP contribution in [0.3, 0.4) is 0 Å². The van der Waals surface area contributed by atoms with E-state index < -0.39 is 14.8 Å². The van der Waals surface area contributed by atoms with Gasteiger partial charge < -0.3 is 4.90 Å². The first-order chi connectivity index (χ1) is 11.4. The van der Waals surface area contributed by atoms with E-state index in [-0.39, 0.29) is 29.0 Å². The molecule has 0 bridgehead atoms. The Bertz CT molecular complexity index is 769. The van der Waals surface area contributed by atoms with Crippen molar-refractivity contribution in [3.63, 3.8) is 0 Å². The van der Waals surface area contributed by atoms with Crippen molar-refractivity contribution in [2.24, 2.45) is 0 Å². The molecule has 24 heavy (non-hydrogen) atoms. The van der Waals surface area contributed by atoms with Crippen molar-refractivity contribution in [2.75, 3.05) is 17.2 Å². The number of nitro benzene ring substituents is 1. The molecule has 8 heteroatoms. The lowest BCUT2D eigenvalue weighted by atomic mass is 10.1. The van der Waals surface area contributed by atoms with Gasteiger partial charge in [0, 0.05) is 25.1 Å². The van der Waals surface area contributed by atoms with E-state index in [1.54, 1.807) is 6.07 Å². The highest BCUT2D eigenvalue weighted by molar-refractivity contribution is 7.92. The number of nitrogens with zero attached hydrogens (tertiary/aromatic N) is 2. The Morgan fingerprint density at radius 3 is 2.67 bits per heavy atom. The predicted octanol–water partition coefficient (Wildman–Crippen LogP) is 2.23. The van der Waals surface area contributed by atoms with Crippen molar-refractivity contribution < 1.29 is 18.1 Å². The minimum absolute atomic E-state index is 0.0629. The molecule has 0 radical (unpaired) electrons. The second kappa shape index (κ2) is 6.51. The van der Waals surface area contributed by atoms with Crippen LogP contribution in [0, 0.1) is 10.1 Å². The lowest BCUT2D eigenvalue weighted by molar-refractivity contribution is -0.384. The summed E-state index contributed by atoms with van der Waals surface area (Å²) in [5, 5.41) is 10.6. The highest BCUT2D eigenvalue weighted by atomic mass is 32.2. The topological polar surface area (TPSA) is 97.6 Å². The second-order valence-corrected chi connectivity index (χ2v) is 8.79. The number of hydrogen-bond acceptors (Lipinski definition) is 5. The van der Waals surface area contributed by atoms with E-state index in [1.807, 2.05) is 0 Å². The number of non-ortho nitro benzene ring substituents is 1. The van der Waals surface area contributed by atoms with Crippen LogP contribution in [0.15, 0.2) is 18.2 Å². The van der Waals surface area contributed by atoms with Crippen molar-refractivity contribution in [3.8, 4) is 0 Å². The third-order valence-corrected chi connectivity index (χ3v) is 7.15. The number of carbonyl (C=O) groups excluding carboxylic acids is 1. The lowest BCUT2D eigenvalue weighted by Crippen LogP contribution is -2.32. The third kappa shape index (κ3) is 3.28. The van der Waals surface area contributed by atoms with Gasteiger partial charge in [0.05, 0.1) is 21.6 Å². The number of nitro groups is 1. The molecule has 1 aromatic rings. The van der Waals surface area contributed by atoms with Gasteiger partial charge in [-0.2, -0.15) is 0 Å². The molecular formula is C16H20N2O5S. The summed E-state index contributed by atoms with van der Waals surface area (Å²) in [6, 6.07) is 4.49. The molecule has 1 saturated carbocycles. The van der Waals surface area contributed by atoms with Gasteiger partial charge in [-0.05, 0) is 24.8 Å². The van der Waals surface area contributed by atoms with Gasteiger partial charge in [0.25, 0.3) is 5.69 Å². The van der Waals surface area contributed by atoms with E-state index in [0.717, 1.165) is 18.4 Å². The van der Waals surface area contributed by atoms with Crippen LogP contribution in [0.4, 0.5) is 11.4 Å². The maximum absolute atomic E-state index is 12.4. The first-order valence-corrected chi connectivity index (χ1v) is 9.89. The van der Waals surface area contributed by atoms with Crippen LogP contribution in [0.2, 0.25) is 0 Å². The Kier molecular flexibility index (Phi) is 4.58. The molecule has 1 aromatic carbocycles. The number of hydrogen-bond donors (Lipinski definition) is 0. The Morgan fingerprint density at radius 1 is 1.29 bits per heavy atom. The summed E-state index contributed by atoms with van der Waals surface area (Å²) in [6.45, 7) is 0.443. The molecule has 0 unspecified atom stereocenters. The van der Waals surface area contributed by atoms with E-state index in [4.69, 9.17) is 0 Å². The van der Waals surface area contributed by atoms with Gasteiger partial charge in [-0.3, -0.25) is 14.9 Å². The van der Waals surface area contributed by atoms with Crippen LogP contribution in [0.5, 0.6) is 0 Å². The monoisotopic (exact) mass is 352 g/mol. The van der Waals surface area contributed by atoms with Crippen LogP contribution in [-0.4, -0.2) is 36.8 Å². The summed E-state index contributed by atoms with van der Waals surface area (Å²) >= 11 is 0. The van der Waals surface area contributed by atoms with E-state index in [2.05, 4.69) is 0 Å². The lowest BCUT2D eigenvalue weighted by Gasteiger charge is -2.18. The number of rotatable bonds is 5. The Morgan fingerprint density at radius 2 is 2.00 bits per heavy atom. The molecule has 1 heterocycles. The summed E-state index contributed by atoms with van der Waals surface area (Å²) in [6.07, 6.45) is 3.81. The SMILES string of the molecule is O=C(CCS(=O)(=O)C1CCCC1)N1CCc2ccc([N+](=O)[O-])cc21. The van der Waals surface area contributed by atoms with Crippen LogP contribution >= 0.6 is 0 Å². The zero-order valence-corrected chi connectivity index (χ0v) is 14.1. The van der Waals surface area contributed by atoms with Gasteiger partial charge in [0.15, 0.2) is 9.84 Å². The van der Waals surface area contributed by atoms with E-state index in [9.17, 15) is 23.3 Å². The van der Waals surface area contributed by atoms with Crippen molar-refractivity contribution in [3.05, 3.63) is 33.9 Å². The van der Waals surface area contributed by atoms with Crippen LogP contribution < -0.4 is 4.90 Å². The average molecular weight is 352 g/mol. The molecule has 130 valence electrons. The number of carbonyl (C=O) groups is 1. The van der Waals surface area contributed by atoms with Gasteiger partial charge >= 0.3 is 0 Å². The molecule has 1 fully saturated rings. The van der Waals surface area contributed by atoms with Crippen LogP contribution in [0.1, 0.15) is 37.7 Å². The first-order valence-electron chi connectivity index (χ1n) is 8.18. The van der Waals surface area contributed by atoms with E-state index in [1.165, 1.54) is 17.0 Å². The Balaban J connectivity index is 1.69. The van der Waals surface area contributed by atoms with Gasteiger partial charge in [-0.1, -0.05) is 18.9 Å². The molecule has 0 saturated heterocycles. The molecule has 1 amide bonds. The zero-order valence-electron chi connectivity index (χ0n) is 13.3. The maximum atomic E-state index is 12.4. The van der Waals surface area contributed by atoms with E-state index >= 15 is 0 Å². The molecule has 2 aliphatic rings. The molecule has 0 N–H and O–H groups in total. The average Bonchev–Trinajstić information content (AvgIpc) is 3.21. The van der Waals surface area contributed by atoms with Crippen molar-refractivity contribution in [1.29, 1.82) is 0 Å². The van der Waals surface area contributed by atoms with Crippen LogP contribution in [0.25, 0.3) is 0 Å². The number of benzene rings is 1. The molecule has 1 aliphatic heterocycles. The van der Waals surface area contributed by atoms with Gasteiger partial charge in [0.2, 0.25) is 5.91 Å². The van der Waals surface area contributed by atoms with Gasteiger partial charge in [0.1, 0.15) is 0 Å². The number of sulfone groups is 1. The quantitative estimate of drug-likeness (QED) is 0.598. The predicted molar refractivity (Wildman–Crippen MR) is 89.8 cm³/mol. The Labute approximate surface area is 140 Å². The minimum atomic E-state index is -3.24. The zero-order chi connectivity index (χ0) is 17.3. The normalized spacial score (nSPS) is 17.9. The second-order valence-electron chi connectivity index (χ2n) is 6.39. The largest absolute Gasteiger partial charge is 0.312 e. The molecule has 1 aliphatic carbocycles. The Hall–Kier alpha value is -1.96. The smallest absolute Gasteiger partial charge is 0.271 e.